The Morgan fingerprint density at radius 1 is 1.10 bits per heavy atom. The fourth-order valence-corrected chi connectivity index (χ4v) is 3.75. The molecule has 1 heterocycles. The molecule has 3 rings (SSSR count). The predicted molar refractivity (Wildman–Crippen MR) is 118 cm³/mol. The van der Waals surface area contributed by atoms with Gasteiger partial charge in [0.05, 0.1) is 16.1 Å². The summed E-state index contributed by atoms with van der Waals surface area (Å²) in [4.78, 5) is 19.5. The molecule has 1 aromatic heterocycles. The Morgan fingerprint density at radius 2 is 1.83 bits per heavy atom. The SMILES string of the molecule is CCCN(CCC)C(=O)Cn1c(COc2ccc(Cl)cc2Cl)nc2ccccc21. The topological polar surface area (TPSA) is 47.4 Å². The molecule has 1 amide bonds. The molecule has 7 heteroatoms. The van der Waals surface area contributed by atoms with Crippen molar-refractivity contribution in [3.8, 4) is 5.75 Å². The number of halogens is 2. The van der Waals surface area contributed by atoms with Gasteiger partial charge < -0.3 is 14.2 Å². The molecule has 0 bridgehead atoms. The number of fused-ring (bicyclic) bond motifs is 1. The molecule has 0 saturated heterocycles. The number of benzene rings is 2. The van der Waals surface area contributed by atoms with Crippen LogP contribution in [0.1, 0.15) is 32.5 Å². The first-order valence-corrected chi connectivity index (χ1v) is 10.6. The number of rotatable bonds is 9. The molecule has 0 fully saturated rings. The van der Waals surface area contributed by atoms with E-state index in [1.807, 2.05) is 33.7 Å². The second-order valence-electron chi connectivity index (χ2n) is 6.85. The van der Waals surface area contributed by atoms with Crippen LogP contribution in [0.25, 0.3) is 11.0 Å². The van der Waals surface area contributed by atoms with Crippen molar-refractivity contribution in [1.82, 2.24) is 14.5 Å². The van der Waals surface area contributed by atoms with Crippen LogP contribution < -0.4 is 4.74 Å². The number of carbonyl (C=O) groups excluding carboxylic acids is 1. The average Bonchev–Trinajstić information content (AvgIpc) is 3.04. The molecule has 0 spiro atoms. The first-order chi connectivity index (χ1) is 14.0. The van der Waals surface area contributed by atoms with E-state index in [-0.39, 0.29) is 19.1 Å². The van der Waals surface area contributed by atoms with Crippen LogP contribution in [0, 0.1) is 0 Å². The van der Waals surface area contributed by atoms with E-state index in [2.05, 4.69) is 18.8 Å². The number of hydrogen-bond donors (Lipinski definition) is 0. The standard InChI is InChI=1S/C22H25Cl2N3O2/c1-3-11-26(12-4-2)22(28)14-27-19-8-6-5-7-18(19)25-21(27)15-29-20-10-9-16(23)13-17(20)24/h5-10,13H,3-4,11-12,14-15H2,1-2H3. The van der Waals surface area contributed by atoms with Crippen LogP contribution >= 0.6 is 23.2 Å². The van der Waals surface area contributed by atoms with Gasteiger partial charge in [-0.05, 0) is 43.2 Å². The summed E-state index contributed by atoms with van der Waals surface area (Å²) >= 11 is 12.2. The third-order valence-electron chi connectivity index (χ3n) is 4.62. The van der Waals surface area contributed by atoms with E-state index in [4.69, 9.17) is 27.9 Å². The molecule has 2 aromatic carbocycles. The van der Waals surface area contributed by atoms with Crippen LogP contribution in [0.15, 0.2) is 42.5 Å². The van der Waals surface area contributed by atoms with Gasteiger partial charge in [0, 0.05) is 18.1 Å². The number of hydrogen-bond acceptors (Lipinski definition) is 3. The molecule has 0 N–H and O–H groups in total. The maximum Gasteiger partial charge on any atom is 0.242 e. The summed E-state index contributed by atoms with van der Waals surface area (Å²) in [5.41, 5.74) is 1.74. The predicted octanol–water partition coefficient (Wildman–Crippen LogP) is 5.57. The van der Waals surface area contributed by atoms with E-state index in [1.165, 1.54) is 0 Å². The van der Waals surface area contributed by atoms with Crippen LogP contribution in [0.3, 0.4) is 0 Å². The average molecular weight is 434 g/mol. The summed E-state index contributed by atoms with van der Waals surface area (Å²) in [6.07, 6.45) is 1.86. The Morgan fingerprint density at radius 3 is 2.52 bits per heavy atom. The maximum atomic E-state index is 13.0. The molecular weight excluding hydrogens is 409 g/mol. The Kier molecular flexibility index (Phi) is 7.40. The molecule has 0 aliphatic rings. The molecule has 0 unspecified atom stereocenters. The van der Waals surface area contributed by atoms with Gasteiger partial charge in [0.2, 0.25) is 5.91 Å². The molecule has 0 aliphatic carbocycles. The molecule has 0 atom stereocenters. The van der Waals surface area contributed by atoms with E-state index >= 15 is 0 Å². The molecule has 3 aromatic rings. The summed E-state index contributed by atoms with van der Waals surface area (Å²) in [5, 5.41) is 0.987. The molecule has 29 heavy (non-hydrogen) atoms. The van der Waals surface area contributed by atoms with Gasteiger partial charge in [-0.15, -0.1) is 0 Å². The number of carbonyl (C=O) groups is 1. The zero-order valence-corrected chi connectivity index (χ0v) is 18.2. The first-order valence-electron chi connectivity index (χ1n) is 9.83. The third-order valence-corrected chi connectivity index (χ3v) is 5.15. The highest BCUT2D eigenvalue weighted by Gasteiger charge is 2.18. The van der Waals surface area contributed by atoms with E-state index in [1.54, 1.807) is 18.2 Å². The number of para-hydroxylation sites is 2. The lowest BCUT2D eigenvalue weighted by Gasteiger charge is -2.22. The lowest BCUT2D eigenvalue weighted by atomic mass is 10.3. The summed E-state index contributed by atoms with van der Waals surface area (Å²) in [6.45, 7) is 6.10. The van der Waals surface area contributed by atoms with Gasteiger partial charge >= 0.3 is 0 Å². The van der Waals surface area contributed by atoms with E-state index in [0.29, 0.717) is 21.6 Å². The van der Waals surface area contributed by atoms with Gasteiger partial charge in [-0.2, -0.15) is 0 Å². The van der Waals surface area contributed by atoms with Crippen molar-refractivity contribution in [2.75, 3.05) is 13.1 Å². The third kappa shape index (κ3) is 5.22. The number of imidazole rings is 1. The largest absolute Gasteiger partial charge is 0.484 e. The Balaban J connectivity index is 1.86. The van der Waals surface area contributed by atoms with Crippen LogP contribution in [0.4, 0.5) is 0 Å². The zero-order chi connectivity index (χ0) is 20.8. The number of ether oxygens (including phenoxy) is 1. The van der Waals surface area contributed by atoms with Gasteiger partial charge in [-0.25, -0.2) is 4.98 Å². The highest BCUT2D eigenvalue weighted by Crippen LogP contribution is 2.28. The molecule has 0 aliphatic heterocycles. The fourth-order valence-electron chi connectivity index (χ4n) is 3.28. The number of aromatic nitrogens is 2. The van der Waals surface area contributed by atoms with Gasteiger partial charge in [-0.3, -0.25) is 4.79 Å². The summed E-state index contributed by atoms with van der Waals surface area (Å²) in [5.74, 6) is 1.29. The smallest absolute Gasteiger partial charge is 0.242 e. The highest BCUT2D eigenvalue weighted by atomic mass is 35.5. The normalized spacial score (nSPS) is 11.0. The monoisotopic (exact) mass is 433 g/mol. The van der Waals surface area contributed by atoms with Gasteiger partial charge in [0.1, 0.15) is 24.7 Å². The van der Waals surface area contributed by atoms with Gasteiger partial charge in [-0.1, -0.05) is 49.2 Å². The van der Waals surface area contributed by atoms with Crippen molar-refractivity contribution < 1.29 is 9.53 Å². The summed E-state index contributed by atoms with van der Waals surface area (Å²) in [7, 11) is 0. The Bertz CT molecular complexity index is 981. The van der Waals surface area contributed by atoms with Crippen molar-refractivity contribution in [3.63, 3.8) is 0 Å². The van der Waals surface area contributed by atoms with Crippen molar-refractivity contribution in [1.29, 1.82) is 0 Å². The van der Waals surface area contributed by atoms with Crippen LogP contribution in [-0.2, 0) is 17.9 Å². The fraction of sp³-hybridized carbons (Fsp3) is 0.364. The van der Waals surface area contributed by atoms with E-state index in [0.717, 1.165) is 37.0 Å². The van der Waals surface area contributed by atoms with E-state index < -0.39 is 0 Å². The lowest BCUT2D eigenvalue weighted by Crippen LogP contribution is -2.35. The quantitative estimate of drug-likeness (QED) is 0.442. The Hall–Kier alpha value is -2.24. The van der Waals surface area contributed by atoms with Crippen LogP contribution in [-0.4, -0.2) is 33.4 Å². The second-order valence-corrected chi connectivity index (χ2v) is 7.69. The van der Waals surface area contributed by atoms with Crippen LogP contribution in [0.5, 0.6) is 5.75 Å². The summed E-state index contributed by atoms with van der Waals surface area (Å²) in [6, 6.07) is 12.9. The van der Waals surface area contributed by atoms with Crippen molar-refractivity contribution in [2.45, 2.75) is 39.8 Å². The highest BCUT2D eigenvalue weighted by molar-refractivity contribution is 6.35. The molecule has 154 valence electrons. The van der Waals surface area contributed by atoms with Crippen molar-refractivity contribution in [2.24, 2.45) is 0 Å². The molecular formula is C22H25Cl2N3O2. The van der Waals surface area contributed by atoms with Crippen molar-refractivity contribution in [3.05, 3.63) is 58.3 Å². The minimum atomic E-state index is 0.0858. The summed E-state index contributed by atoms with van der Waals surface area (Å²) < 4.78 is 7.82. The number of amides is 1. The lowest BCUT2D eigenvalue weighted by molar-refractivity contribution is -0.131. The minimum Gasteiger partial charge on any atom is -0.484 e. The van der Waals surface area contributed by atoms with Gasteiger partial charge in [0.25, 0.3) is 0 Å². The molecule has 5 nitrogen and oxygen atoms in total. The number of nitrogens with zero attached hydrogens (tertiary/aromatic N) is 3. The molecule has 0 radical (unpaired) electrons. The second kappa shape index (κ2) is 9.99. The first kappa shape index (κ1) is 21.5. The zero-order valence-electron chi connectivity index (χ0n) is 16.7. The van der Waals surface area contributed by atoms with Crippen LogP contribution in [0.2, 0.25) is 10.0 Å². The Labute approximate surface area is 181 Å². The van der Waals surface area contributed by atoms with Crippen molar-refractivity contribution >= 4 is 40.1 Å². The maximum absolute atomic E-state index is 13.0. The van der Waals surface area contributed by atoms with E-state index in [9.17, 15) is 4.79 Å². The van der Waals surface area contributed by atoms with Gasteiger partial charge in [0.15, 0.2) is 0 Å². The molecule has 0 saturated carbocycles. The minimum absolute atomic E-state index is 0.0858.